The summed E-state index contributed by atoms with van der Waals surface area (Å²) in [7, 11) is 2.12. The molecule has 0 bridgehead atoms. The first-order valence-corrected chi connectivity index (χ1v) is 11.4. The molecule has 7 nitrogen and oxygen atoms in total. The van der Waals surface area contributed by atoms with E-state index in [1.54, 1.807) is 0 Å². The second-order valence-corrected chi connectivity index (χ2v) is 9.59. The van der Waals surface area contributed by atoms with Crippen LogP contribution in [0.3, 0.4) is 0 Å². The number of piperidine rings is 1. The number of halogens is 2. The summed E-state index contributed by atoms with van der Waals surface area (Å²) in [5.41, 5.74) is 0. The lowest BCUT2D eigenvalue weighted by Crippen LogP contribution is -2.88. The Hall–Kier alpha value is -1.48. The number of hydrogen-bond donors (Lipinski definition) is 4. The Kier molecular flexibility index (Phi) is 7.90. The number of aliphatic imine (C=N–C) groups is 1. The summed E-state index contributed by atoms with van der Waals surface area (Å²) < 4.78 is 32.0. The summed E-state index contributed by atoms with van der Waals surface area (Å²) in [5.74, 6) is -0.282. The Balaban J connectivity index is 1.63. The first-order valence-electron chi connectivity index (χ1n) is 11.4. The van der Waals surface area contributed by atoms with Crippen LogP contribution < -0.4 is 20.9 Å². The van der Waals surface area contributed by atoms with E-state index in [0.29, 0.717) is 35.8 Å². The van der Waals surface area contributed by atoms with Crippen LogP contribution in [0.1, 0.15) is 59.3 Å². The predicted octanol–water partition coefficient (Wildman–Crippen LogP) is 0.826. The van der Waals surface area contributed by atoms with Crippen LogP contribution in [-0.2, 0) is 4.74 Å². The zero-order chi connectivity index (χ0) is 21.7. The van der Waals surface area contributed by atoms with Crippen molar-refractivity contribution in [2.24, 2.45) is 16.8 Å². The van der Waals surface area contributed by atoms with Crippen molar-refractivity contribution in [3.05, 3.63) is 0 Å². The van der Waals surface area contributed by atoms with Crippen molar-refractivity contribution in [1.82, 2.24) is 20.9 Å². The second-order valence-electron chi connectivity index (χ2n) is 9.59. The van der Waals surface area contributed by atoms with E-state index in [1.165, 1.54) is 12.8 Å². The van der Waals surface area contributed by atoms with E-state index in [2.05, 4.69) is 51.7 Å². The van der Waals surface area contributed by atoms with Crippen molar-refractivity contribution in [1.29, 1.82) is 0 Å². The lowest BCUT2D eigenvalue weighted by Gasteiger charge is -2.33. The molecular formula is C21H39F2N6O+. The van der Waals surface area contributed by atoms with Gasteiger partial charge in [0.05, 0.1) is 6.04 Å². The zero-order valence-corrected chi connectivity index (χ0v) is 18.8. The van der Waals surface area contributed by atoms with Gasteiger partial charge in [0, 0.05) is 26.1 Å². The highest BCUT2D eigenvalue weighted by atomic mass is 19.3. The van der Waals surface area contributed by atoms with Crippen LogP contribution in [0.15, 0.2) is 4.99 Å². The van der Waals surface area contributed by atoms with Gasteiger partial charge >= 0.3 is 5.96 Å². The minimum absolute atomic E-state index is 0.323. The van der Waals surface area contributed by atoms with Gasteiger partial charge in [-0.3, -0.25) is 5.32 Å². The van der Waals surface area contributed by atoms with Crippen molar-refractivity contribution in [2.75, 3.05) is 26.7 Å². The van der Waals surface area contributed by atoms with Crippen molar-refractivity contribution in [3.8, 4) is 0 Å². The first-order chi connectivity index (χ1) is 14.2. The van der Waals surface area contributed by atoms with Crippen LogP contribution >= 0.6 is 0 Å². The Bertz CT molecular complexity index is 613. The molecule has 1 saturated heterocycles. The Labute approximate surface area is 179 Å². The van der Waals surface area contributed by atoms with Gasteiger partial charge in [-0.25, -0.2) is 19.1 Å². The van der Waals surface area contributed by atoms with Gasteiger partial charge in [0.1, 0.15) is 6.61 Å². The maximum Gasteiger partial charge on any atom is 0.354 e. The number of alkyl halides is 2. The maximum absolute atomic E-state index is 13.3. The van der Waals surface area contributed by atoms with Crippen LogP contribution in [0.2, 0.25) is 0 Å². The van der Waals surface area contributed by atoms with Gasteiger partial charge in [-0.05, 0) is 44.6 Å². The fourth-order valence-corrected chi connectivity index (χ4v) is 4.43. The summed E-state index contributed by atoms with van der Waals surface area (Å²) >= 11 is 0. The van der Waals surface area contributed by atoms with Crippen molar-refractivity contribution in [2.45, 2.75) is 83.7 Å². The molecule has 3 unspecified atom stereocenters. The molecule has 1 aliphatic carbocycles. The van der Waals surface area contributed by atoms with Gasteiger partial charge in [-0.1, -0.05) is 26.7 Å². The van der Waals surface area contributed by atoms with E-state index < -0.39 is 18.9 Å². The van der Waals surface area contributed by atoms with Gasteiger partial charge in [-0.15, -0.1) is 0 Å². The molecule has 0 amide bonds. The second kappa shape index (κ2) is 10.2. The summed E-state index contributed by atoms with van der Waals surface area (Å²) in [4.78, 5) is 9.85. The third-order valence-corrected chi connectivity index (χ3v) is 6.32. The fourth-order valence-electron chi connectivity index (χ4n) is 4.43. The zero-order valence-electron chi connectivity index (χ0n) is 18.8. The number of hydrogen-bond acceptors (Lipinski definition) is 6. The average molecular weight is 430 g/mol. The highest BCUT2D eigenvalue weighted by Gasteiger charge is 2.31. The molecule has 9 heteroatoms. The molecule has 2 fully saturated rings. The highest BCUT2D eigenvalue weighted by Crippen LogP contribution is 2.29. The summed E-state index contributed by atoms with van der Waals surface area (Å²) in [6.07, 6.45) is 5.86. The number of nitrogens with zero attached hydrogens (tertiary/aromatic N) is 2. The van der Waals surface area contributed by atoms with E-state index in [9.17, 15) is 8.78 Å². The van der Waals surface area contributed by atoms with Gasteiger partial charge in [0.2, 0.25) is 0 Å². The number of likely N-dealkylation sites (tertiary alicyclic amines) is 1. The number of rotatable bonds is 6. The molecule has 172 valence electrons. The van der Waals surface area contributed by atoms with Crippen molar-refractivity contribution < 1.29 is 18.5 Å². The van der Waals surface area contributed by atoms with E-state index in [1.807, 2.05) is 0 Å². The molecule has 0 aromatic carbocycles. The molecule has 0 radical (unpaired) electrons. The fraction of sp³-hybridized carbons (Fsp3) is 0.905. The Morgan fingerprint density at radius 2 is 1.93 bits per heavy atom. The van der Waals surface area contributed by atoms with E-state index in [-0.39, 0.29) is 0 Å². The SMILES string of the molecule is CC(C)C1CCCC(NC2=NC(OCC(C)(F)F)[NH+]=C(NC3CCN(C)CC3)N2)C1. The molecule has 30 heavy (non-hydrogen) atoms. The molecule has 3 rings (SSSR count). The third-order valence-electron chi connectivity index (χ3n) is 6.32. The van der Waals surface area contributed by atoms with Crippen molar-refractivity contribution >= 4 is 11.9 Å². The van der Waals surface area contributed by atoms with Gasteiger partial charge in [0.25, 0.3) is 18.2 Å². The normalized spacial score (nSPS) is 29.2. The molecule has 0 aromatic heterocycles. The Morgan fingerprint density at radius 1 is 1.20 bits per heavy atom. The van der Waals surface area contributed by atoms with Crippen LogP contribution in [-0.4, -0.2) is 67.9 Å². The highest BCUT2D eigenvalue weighted by molar-refractivity contribution is 5.97. The molecule has 1 saturated carbocycles. The predicted molar refractivity (Wildman–Crippen MR) is 114 cm³/mol. The minimum Gasteiger partial charge on any atom is -0.340 e. The quantitative estimate of drug-likeness (QED) is 0.503. The molecule has 3 atom stereocenters. The summed E-state index contributed by atoms with van der Waals surface area (Å²) in [6.45, 7) is 6.79. The lowest BCUT2D eigenvalue weighted by molar-refractivity contribution is -0.566. The largest absolute Gasteiger partial charge is 0.354 e. The smallest absolute Gasteiger partial charge is 0.340 e. The molecule has 0 aromatic rings. The third kappa shape index (κ3) is 7.34. The van der Waals surface area contributed by atoms with Crippen molar-refractivity contribution in [3.63, 3.8) is 0 Å². The van der Waals surface area contributed by atoms with Crippen LogP contribution in [0.25, 0.3) is 0 Å². The summed E-state index contributed by atoms with van der Waals surface area (Å²) in [5, 5.41) is 10.3. The molecule has 2 heterocycles. The Morgan fingerprint density at radius 3 is 2.60 bits per heavy atom. The van der Waals surface area contributed by atoms with Gasteiger partial charge in [0.15, 0.2) is 0 Å². The maximum atomic E-state index is 13.3. The monoisotopic (exact) mass is 429 g/mol. The van der Waals surface area contributed by atoms with Crippen LogP contribution in [0.5, 0.6) is 0 Å². The van der Waals surface area contributed by atoms with E-state index in [0.717, 1.165) is 45.7 Å². The van der Waals surface area contributed by atoms with Gasteiger partial charge < -0.3 is 15.0 Å². The molecule has 0 spiro atoms. The average Bonchev–Trinajstić information content (AvgIpc) is 2.68. The van der Waals surface area contributed by atoms with Crippen LogP contribution in [0, 0.1) is 11.8 Å². The van der Waals surface area contributed by atoms with Crippen LogP contribution in [0.4, 0.5) is 8.78 Å². The first kappa shape index (κ1) is 23.2. The minimum atomic E-state index is -2.90. The standard InChI is InChI=1S/C21H38F2N6O/c1-14(2)15-6-5-7-17(12-15)25-19-26-18(24-16-8-10-29(4)11-9-16)27-20(28-19)30-13-21(3,22)23/h14-17,20H,5-13H2,1-4H3,(H3,24,25,26,27,28)/p+1. The molecular weight excluding hydrogens is 390 g/mol. The topological polar surface area (TPSA) is 74.9 Å². The number of ether oxygens (including phenoxy) is 1. The van der Waals surface area contributed by atoms with E-state index >= 15 is 0 Å². The summed E-state index contributed by atoms with van der Waals surface area (Å²) in [6, 6.07) is 0.650. The number of nitrogens with one attached hydrogen (secondary N) is 4. The van der Waals surface area contributed by atoms with E-state index in [4.69, 9.17) is 4.74 Å². The molecule has 4 N–H and O–H groups in total. The molecule has 3 aliphatic rings. The molecule has 2 aliphatic heterocycles. The lowest BCUT2D eigenvalue weighted by atomic mass is 9.79. The number of guanidine groups is 2. The van der Waals surface area contributed by atoms with Gasteiger partial charge in [-0.2, -0.15) is 4.99 Å².